The molecule has 1 saturated heterocycles. The van der Waals surface area contributed by atoms with E-state index in [1.165, 1.54) is 149 Å². The van der Waals surface area contributed by atoms with Gasteiger partial charge in [-0.05, 0) is 234 Å². The molecule has 0 radical (unpaired) electrons. The molecule has 0 N–H and O–H groups in total. The molecule has 125 heavy (non-hydrogen) atoms. The third-order valence-corrected chi connectivity index (χ3v) is 25.5. The Bertz CT molecular complexity index is 8270. The molecule has 1 unspecified atom stereocenters. The maximum atomic E-state index is 12.5. The Morgan fingerprint density at radius 3 is 1.11 bits per heavy atom. The van der Waals surface area contributed by atoms with Gasteiger partial charge < -0.3 is 13.5 Å². The lowest BCUT2D eigenvalue weighted by atomic mass is 9.83. The molecular formula is C111H75BF3N4O5S+. The summed E-state index contributed by atoms with van der Waals surface area (Å²) < 4.78 is 76.9. The van der Waals surface area contributed by atoms with Gasteiger partial charge in [0, 0.05) is 52.2 Å². The molecular weight excluding hydrogens is 1570 g/mol. The summed E-state index contributed by atoms with van der Waals surface area (Å²) in [4.78, 5) is 19.4. The molecule has 18 aromatic carbocycles. The van der Waals surface area contributed by atoms with E-state index < -0.39 is 39.7 Å². The average Bonchev–Trinajstić information content (AvgIpc) is 0.760. The standard InChI is InChI=1S/C52H32N2.C45H35BNO2.C14H8F3NO3S/c1-3-12-37-30-40(25-21-33(37)10-1)49-42-16-5-6-17-43(42)50(41-26-22-34-11-2-4-13-38(34)31-41)46-32-39(27-28-44(46)49)47-19-8-20-48(54-47)45-18-7-14-35-23-24-36-15-9-29-53-52(36)51(35)45;1-44(2)45(3,4)49-46(48-44)41-19-11-18-40(47-41)33-24-25-38-39(28-33)43(35-23-21-30-13-6-8-15-32(30)27-35)37-17-10-9-16-36(37)42(38)34-22-20-29-12-5-7-14-31(29)26-34;15-14(16,17)22(19,20)21-11-5-1-3-9-6-7-10-4-2-8-18-13(10)12(9)11/h1-32H;5-28H,1H2,2-4H3;1-8H/q;+1;. The van der Waals surface area contributed by atoms with E-state index in [9.17, 15) is 21.6 Å². The fraction of sp³-hybridized carbons (Fsp3) is 0.0541. The number of hydrogen-bond donors (Lipinski definition) is 0. The van der Waals surface area contributed by atoms with Crippen molar-refractivity contribution in [1.29, 1.82) is 0 Å². The van der Waals surface area contributed by atoms with Crippen LogP contribution in [0.5, 0.6) is 5.75 Å². The molecule has 0 saturated carbocycles. The van der Waals surface area contributed by atoms with E-state index >= 15 is 0 Å². The number of fused-ring (bicyclic) bond motifs is 14. The highest BCUT2D eigenvalue weighted by Gasteiger charge is 2.58. The van der Waals surface area contributed by atoms with Gasteiger partial charge in [0.05, 0.1) is 46.0 Å². The van der Waals surface area contributed by atoms with Crippen molar-refractivity contribution < 1.29 is 35.1 Å². The summed E-state index contributed by atoms with van der Waals surface area (Å²) in [6.45, 7) is 10.3. The second-order valence-corrected chi connectivity index (χ2v) is 34.1. The topological polar surface area (TPSA) is 113 Å². The second kappa shape index (κ2) is 30.9. The van der Waals surface area contributed by atoms with Gasteiger partial charge in [-0.15, -0.1) is 0 Å². The van der Waals surface area contributed by atoms with E-state index in [1.807, 2.05) is 45.2 Å². The van der Waals surface area contributed by atoms with Crippen molar-refractivity contribution in [3.05, 3.63) is 395 Å². The predicted molar refractivity (Wildman–Crippen MR) is 510 cm³/mol. The minimum absolute atomic E-state index is 0.216. The van der Waals surface area contributed by atoms with Crippen LogP contribution in [0.25, 0.3) is 208 Å². The van der Waals surface area contributed by atoms with Crippen LogP contribution in [0, 0.1) is 6.92 Å². The van der Waals surface area contributed by atoms with E-state index in [1.54, 1.807) is 30.3 Å². The highest BCUT2D eigenvalue weighted by Crippen LogP contribution is 2.50. The minimum Gasteiger partial charge on any atom is -0.394 e. The molecule has 1 atom stereocenters. The second-order valence-electron chi connectivity index (χ2n) is 32.5. The molecule has 14 heteroatoms. The first kappa shape index (κ1) is 77.4. The molecule has 5 heterocycles. The Morgan fingerprint density at radius 2 is 0.664 bits per heavy atom. The van der Waals surface area contributed by atoms with Gasteiger partial charge in [0.2, 0.25) is 5.60 Å². The van der Waals surface area contributed by atoms with Gasteiger partial charge in [0.15, 0.2) is 5.75 Å². The first-order valence-electron chi connectivity index (χ1n) is 41.5. The maximum Gasteiger partial charge on any atom is 0.534 e. The minimum atomic E-state index is -5.74. The maximum absolute atomic E-state index is 12.5. The van der Waals surface area contributed by atoms with Crippen LogP contribution in [-0.2, 0) is 19.4 Å². The summed E-state index contributed by atoms with van der Waals surface area (Å²) in [5.41, 5.74) is 11.0. The van der Waals surface area contributed by atoms with Crippen molar-refractivity contribution in [1.82, 2.24) is 19.9 Å². The van der Waals surface area contributed by atoms with Gasteiger partial charge in [-0.25, -0.2) is 4.98 Å². The van der Waals surface area contributed by atoms with Crippen molar-refractivity contribution in [2.75, 3.05) is 0 Å². The molecule has 1 fully saturated rings. The van der Waals surface area contributed by atoms with E-state index in [-0.39, 0.29) is 5.39 Å². The number of pyridine rings is 4. The van der Waals surface area contributed by atoms with Crippen molar-refractivity contribution in [3.8, 4) is 84.0 Å². The lowest BCUT2D eigenvalue weighted by Gasteiger charge is -2.25. The Morgan fingerprint density at radius 1 is 0.320 bits per heavy atom. The number of alkyl halides is 3. The number of halogens is 3. The van der Waals surface area contributed by atoms with E-state index in [0.29, 0.717) is 16.3 Å². The largest absolute Gasteiger partial charge is 0.534 e. The van der Waals surface area contributed by atoms with Gasteiger partial charge in [-0.3, -0.25) is 15.0 Å². The summed E-state index contributed by atoms with van der Waals surface area (Å²) in [5, 5.41) is 24.4. The summed E-state index contributed by atoms with van der Waals surface area (Å²) in [7, 11) is -6.33. The number of nitrogens with zero attached hydrogens (tertiary/aromatic N) is 4. The Labute approximate surface area is 719 Å². The quantitative estimate of drug-likeness (QED) is 0.0330. The van der Waals surface area contributed by atoms with Crippen molar-refractivity contribution in [2.24, 2.45) is 0 Å². The van der Waals surface area contributed by atoms with Crippen LogP contribution in [0.2, 0.25) is 0 Å². The first-order valence-corrected chi connectivity index (χ1v) is 42.9. The highest BCUT2D eigenvalue weighted by atomic mass is 32.2. The zero-order chi connectivity index (χ0) is 84.9. The molecule has 0 spiro atoms. The third kappa shape index (κ3) is 14.1. The van der Waals surface area contributed by atoms with Crippen LogP contribution >= 0.6 is 0 Å². The van der Waals surface area contributed by atoms with Crippen molar-refractivity contribution >= 4 is 152 Å². The van der Waals surface area contributed by atoms with Crippen LogP contribution < -0.4 is 9.78 Å². The molecule has 1 aliphatic heterocycles. The van der Waals surface area contributed by atoms with Crippen LogP contribution in [0.1, 0.15) is 20.8 Å². The number of rotatable bonds is 10. The van der Waals surface area contributed by atoms with Gasteiger partial charge >= 0.3 is 22.7 Å². The number of benzene rings is 18. The van der Waals surface area contributed by atoms with E-state index in [4.69, 9.17) is 24.3 Å². The van der Waals surface area contributed by atoms with Crippen molar-refractivity contribution in [3.63, 3.8) is 0 Å². The summed E-state index contributed by atoms with van der Waals surface area (Å²) in [6.07, 6.45) is 3.34. The molecule has 9 nitrogen and oxygen atoms in total. The SMILES string of the molecule is O=S(=O)(Oc1cccc2ccc3cccnc3c12)C(F)(F)F.[CH2+]C1(C)OB(c2cccc(-c3ccc4c(-c5ccc6ccccc6c5)c5ccccc5c(-c5ccc6ccccc6c5)c4c3)n2)OC1(C)C.c1cc(-c2ccc3c(-c4ccc5ccccc5c4)c4ccccc4c(-c4ccc5ccccc5c4)c3c2)nc(-c2cccc3ccc4cccnc4c23)c1. The molecule has 23 rings (SSSR count). The fourth-order valence-corrected chi connectivity index (χ4v) is 18.4. The van der Waals surface area contributed by atoms with Crippen LogP contribution in [0.15, 0.2) is 389 Å². The molecule has 0 bridgehead atoms. The van der Waals surface area contributed by atoms with Gasteiger partial charge in [0.1, 0.15) is 5.60 Å². The first-order chi connectivity index (χ1) is 60.8. The molecule has 598 valence electrons. The van der Waals surface area contributed by atoms with E-state index in [2.05, 4.69) is 332 Å². The lowest BCUT2D eigenvalue weighted by Crippen LogP contribution is -2.42. The number of hydrogen-bond acceptors (Lipinski definition) is 9. The van der Waals surface area contributed by atoms with E-state index in [0.717, 1.165) is 61.0 Å². The molecule has 0 amide bonds. The van der Waals surface area contributed by atoms with Gasteiger partial charge in [-0.1, -0.05) is 297 Å². The average molecular weight is 1640 g/mol. The van der Waals surface area contributed by atoms with Crippen LogP contribution in [0.4, 0.5) is 13.2 Å². The normalized spacial score (nSPS) is 14.1. The molecule has 1 aliphatic rings. The van der Waals surface area contributed by atoms with Crippen LogP contribution in [-0.4, -0.2) is 52.2 Å². The van der Waals surface area contributed by atoms with Gasteiger partial charge in [-0.2, -0.15) is 21.6 Å². The highest BCUT2D eigenvalue weighted by molar-refractivity contribution is 7.88. The zero-order valence-corrected chi connectivity index (χ0v) is 68.9. The Kier molecular flexibility index (Phi) is 19.1. The number of aromatic nitrogens is 4. The Hall–Kier alpha value is -14.9. The molecule has 22 aromatic rings. The summed E-state index contributed by atoms with van der Waals surface area (Å²) in [6, 6.07) is 132. The lowest BCUT2D eigenvalue weighted by molar-refractivity contribution is -0.0499. The predicted octanol–water partition coefficient (Wildman–Crippen LogP) is 28.5. The van der Waals surface area contributed by atoms with Gasteiger partial charge in [0.25, 0.3) is 0 Å². The zero-order valence-electron chi connectivity index (χ0n) is 68.1. The fourth-order valence-electron chi connectivity index (χ4n) is 17.9. The van der Waals surface area contributed by atoms with Crippen molar-refractivity contribution in [2.45, 2.75) is 37.5 Å². The monoisotopic (exact) mass is 1640 g/mol. The molecule has 4 aromatic heterocycles. The Balaban J connectivity index is 0.000000124. The molecule has 0 aliphatic carbocycles. The summed E-state index contributed by atoms with van der Waals surface area (Å²) in [5.74, 6) is -0.404. The summed E-state index contributed by atoms with van der Waals surface area (Å²) >= 11 is 0. The third-order valence-electron chi connectivity index (χ3n) is 24.5. The van der Waals surface area contributed by atoms with Crippen LogP contribution in [0.3, 0.4) is 0 Å². The smallest absolute Gasteiger partial charge is 0.394 e.